The van der Waals surface area contributed by atoms with E-state index in [-0.39, 0.29) is 11.3 Å². The zero-order valence-corrected chi connectivity index (χ0v) is 13.7. The molecule has 3 aromatic rings. The Morgan fingerprint density at radius 1 is 1.29 bits per heavy atom. The minimum atomic E-state index is -1.15. The molecule has 0 saturated heterocycles. The number of aryl methyl sites for hydroxylation is 1. The number of thiazole rings is 1. The summed E-state index contributed by atoms with van der Waals surface area (Å²) in [7, 11) is 1.47. The average molecular weight is 343 g/mol. The summed E-state index contributed by atoms with van der Waals surface area (Å²) in [5.41, 5.74) is 1.09. The molecule has 1 amide bonds. The molecular weight excluding hydrogens is 330 g/mol. The van der Waals surface area contributed by atoms with Crippen LogP contribution in [-0.2, 0) is 0 Å². The van der Waals surface area contributed by atoms with E-state index in [2.05, 4.69) is 15.3 Å². The first-order valence-corrected chi connectivity index (χ1v) is 7.75. The number of carbonyl (C=O) groups is 2. The van der Waals surface area contributed by atoms with Crippen molar-refractivity contribution in [2.45, 2.75) is 6.92 Å². The molecule has 7 nitrogen and oxygen atoms in total. The second-order valence-electron chi connectivity index (χ2n) is 4.90. The molecule has 0 saturated carbocycles. The highest BCUT2D eigenvalue weighted by molar-refractivity contribution is 7.19. The van der Waals surface area contributed by atoms with Gasteiger partial charge in [0.25, 0.3) is 5.91 Å². The van der Waals surface area contributed by atoms with E-state index in [1.54, 1.807) is 12.1 Å². The number of benzene rings is 1. The number of aromatic nitrogens is 2. The number of hydrogen-bond donors (Lipinski definition) is 2. The number of pyridine rings is 1. The van der Waals surface area contributed by atoms with Crippen molar-refractivity contribution in [3.8, 4) is 5.75 Å². The van der Waals surface area contributed by atoms with Crippen LogP contribution in [0, 0.1) is 6.92 Å². The quantitative estimate of drug-likeness (QED) is 0.755. The number of carboxylic acids is 1. The number of carbonyl (C=O) groups excluding carboxylic acids is 1. The normalized spacial score (nSPS) is 10.6. The molecule has 0 spiro atoms. The van der Waals surface area contributed by atoms with E-state index in [9.17, 15) is 14.7 Å². The van der Waals surface area contributed by atoms with Crippen LogP contribution in [0.4, 0.5) is 5.69 Å². The molecule has 0 aliphatic rings. The van der Waals surface area contributed by atoms with Gasteiger partial charge in [0.05, 0.1) is 39.8 Å². The van der Waals surface area contributed by atoms with Crippen molar-refractivity contribution < 1.29 is 19.4 Å². The summed E-state index contributed by atoms with van der Waals surface area (Å²) in [6, 6.07) is 4.77. The smallest absolute Gasteiger partial charge is 0.337 e. The molecule has 122 valence electrons. The van der Waals surface area contributed by atoms with Gasteiger partial charge in [0.1, 0.15) is 11.3 Å². The van der Waals surface area contributed by atoms with Gasteiger partial charge in [-0.3, -0.25) is 9.78 Å². The number of fused-ring (bicyclic) bond motifs is 1. The topological polar surface area (TPSA) is 101 Å². The fourth-order valence-electron chi connectivity index (χ4n) is 2.34. The standard InChI is InChI=1S/C16H13N3O4S/c1-8-18-10-3-4-12(23-2)13(14(10)24-8)15(20)19-11-7-17-6-5-9(11)16(21)22/h3-7H,1-2H3,(H,19,20)(H,21,22). The van der Waals surface area contributed by atoms with Crippen molar-refractivity contribution in [3.63, 3.8) is 0 Å². The minimum Gasteiger partial charge on any atom is -0.496 e. The summed E-state index contributed by atoms with van der Waals surface area (Å²) < 4.78 is 5.97. The maximum Gasteiger partial charge on any atom is 0.337 e. The Hall–Kier alpha value is -3.00. The Balaban J connectivity index is 2.08. The van der Waals surface area contributed by atoms with E-state index < -0.39 is 11.9 Å². The fourth-order valence-corrected chi connectivity index (χ4v) is 3.29. The highest BCUT2D eigenvalue weighted by atomic mass is 32.1. The van der Waals surface area contributed by atoms with Crippen LogP contribution in [0.3, 0.4) is 0 Å². The van der Waals surface area contributed by atoms with Crippen LogP contribution in [0.25, 0.3) is 10.2 Å². The van der Waals surface area contributed by atoms with Crippen molar-refractivity contribution in [1.29, 1.82) is 0 Å². The van der Waals surface area contributed by atoms with Crippen LogP contribution in [-0.4, -0.2) is 34.1 Å². The Kier molecular flexibility index (Phi) is 4.13. The largest absolute Gasteiger partial charge is 0.496 e. The lowest BCUT2D eigenvalue weighted by atomic mass is 10.1. The fraction of sp³-hybridized carbons (Fsp3) is 0.125. The van der Waals surface area contributed by atoms with E-state index in [1.165, 1.54) is 36.9 Å². The molecule has 0 fully saturated rings. The van der Waals surface area contributed by atoms with Gasteiger partial charge in [-0.15, -0.1) is 11.3 Å². The van der Waals surface area contributed by atoms with E-state index in [0.717, 1.165) is 5.01 Å². The number of anilines is 1. The summed E-state index contributed by atoms with van der Waals surface area (Å²) in [6.45, 7) is 1.85. The molecule has 2 heterocycles. The van der Waals surface area contributed by atoms with E-state index in [4.69, 9.17) is 4.74 Å². The third kappa shape index (κ3) is 2.79. The number of methoxy groups -OCH3 is 1. The van der Waals surface area contributed by atoms with Gasteiger partial charge >= 0.3 is 5.97 Å². The number of nitrogens with zero attached hydrogens (tertiary/aromatic N) is 2. The Labute approximate surface area is 140 Å². The van der Waals surface area contributed by atoms with Crippen LogP contribution in [0.1, 0.15) is 25.7 Å². The Morgan fingerprint density at radius 3 is 2.79 bits per heavy atom. The molecule has 0 bridgehead atoms. The van der Waals surface area contributed by atoms with Crippen LogP contribution < -0.4 is 10.1 Å². The third-order valence-corrected chi connectivity index (χ3v) is 4.38. The minimum absolute atomic E-state index is 0.0371. The average Bonchev–Trinajstić information content (AvgIpc) is 2.94. The number of aromatic carboxylic acids is 1. The van der Waals surface area contributed by atoms with Gasteiger partial charge in [0, 0.05) is 6.20 Å². The molecule has 0 aliphatic carbocycles. The molecule has 8 heteroatoms. The van der Waals surface area contributed by atoms with Crippen molar-refractivity contribution in [2.75, 3.05) is 12.4 Å². The molecule has 0 radical (unpaired) electrons. The number of amides is 1. The van der Waals surface area contributed by atoms with Crippen molar-refractivity contribution in [2.24, 2.45) is 0 Å². The third-order valence-electron chi connectivity index (χ3n) is 3.37. The van der Waals surface area contributed by atoms with Gasteiger partial charge in [-0.05, 0) is 25.1 Å². The molecule has 0 aliphatic heterocycles. The summed E-state index contributed by atoms with van der Waals surface area (Å²) in [4.78, 5) is 32.3. The first-order valence-electron chi connectivity index (χ1n) is 6.94. The van der Waals surface area contributed by atoms with Crippen LogP contribution in [0.5, 0.6) is 5.75 Å². The first kappa shape index (κ1) is 15.9. The van der Waals surface area contributed by atoms with Gasteiger partial charge in [-0.1, -0.05) is 0 Å². The first-order chi connectivity index (χ1) is 11.5. The molecule has 24 heavy (non-hydrogen) atoms. The Morgan fingerprint density at radius 2 is 2.08 bits per heavy atom. The molecule has 1 aromatic carbocycles. The highest BCUT2D eigenvalue weighted by Gasteiger charge is 2.21. The van der Waals surface area contributed by atoms with E-state index in [1.807, 2.05) is 6.92 Å². The maximum absolute atomic E-state index is 12.8. The lowest BCUT2D eigenvalue weighted by Gasteiger charge is -2.11. The molecular formula is C16H13N3O4S. The molecule has 2 N–H and O–H groups in total. The Bertz CT molecular complexity index is 952. The zero-order valence-electron chi connectivity index (χ0n) is 12.9. The van der Waals surface area contributed by atoms with Crippen molar-refractivity contribution in [1.82, 2.24) is 9.97 Å². The van der Waals surface area contributed by atoms with Gasteiger partial charge < -0.3 is 15.2 Å². The summed E-state index contributed by atoms with van der Waals surface area (Å²) in [6.07, 6.45) is 2.65. The predicted octanol–water partition coefficient (Wildman–Crippen LogP) is 2.96. The van der Waals surface area contributed by atoms with E-state index in [0.29, 0.717) is 21.5 Å². The molecule has 0 unspecified atom stereocenters. The number of carboxylic acid groups (broad SMARTS) is 1. The van der Waals surface area contributed by atoms with Crippen LogP contribution in [0.2, 0.25) is 0 Å². The van der Waals surface area contributed by atoms with Crippen LogP contribution >= 0.6 is 11.3 Å². The molecule has 3 rings (SSSR count). The van der Waals surface area contributed by atoms with Crippen molar-refractivity contribution >= 4 is 39.1 Å². The second kappa shape index (κ2) is 6.25. The molecule has 2 aromatic heterocycles. The maximum atomic E-state index is 12.8. The van der Waals surface area contributed by atoms with Crippen LogP contribution in [0.15, 0.2) is 30.6 Å². The summed E-state index contributed by atoms with van der Waals surface area (Å²) in [5.74, 6) is -1.23. The van der Waals surface area contributed by atoms with Gasteiger partial charge in [0.15, 0.2) is 0 Å². The summed E-state index contributed by atoms with van der Waals surface area (Å²) in [5, 5.41) is 12.6. The zero-order chi connectivity index (χ0) is 17.3. The van der Waals surface area contributed by atoms with Crippen molar-refractivity contribution in [3.05, 3.63) is 46.7 Å². The molecule has 0 atom stereocenters. The highest BCUT2D eigenvalue weighted by Crippen LogP contribution is 2.33. The van der Waals surface area contributed by atoms with Gasteiger partial charge in [-0.2, -0.15) is 0 Å². The number of hydrogen-bond acceptors (Lipinski definition) is 6. The van der Waals surface area contributed by atoms with E-state index >= 15 is 0 Å². The SMILES string of the molecule is COc1ccc2nc(C)sc2c1C(=O)Nc1cnccc1C(=O)O. The lowest BCUT2D eigenvalue weighted by molar-refractivity contribution is 0.0698. The van der Waals surface area contributed by atoms with Gasteiger partial charge in [0.2, 0.25) is 0 Å². The number of nitrogens with one attached hydrogen (secondary N) is 1. The predicted molar refractivity (Wildman–Crippen MR) is 90.1 cm³/mol. The number of ether oxygens (including phenoxy) is 1. The summed E-state index contributed by atoms with van der Waals surface area (Å²) >= 11 is 1.37. The second-order valence-corrected chi connectivity index (χ2v) is 6.11. The number of rotatable bonds is 4. The lowest BCUT2D eigenvalue weighted by Crippen LogP contribution is -2.16. The van der Waals surface area contributed by atoms with Gasteiger partial charge in [-0.25, -0.2) is 9.78 Å². The monoisotopic (exact) mass is 343 g/mol.